The molecule has 19 heavy (non-hydrogen) atoms. The minimum atomic E-state index is 0.517. The predicted molar refractivity (Wildman–Crippen MR) is 82.5 cm³/mol. The van der Waals surface area contributed by atoms with Crippen LogP contribution in [0.5, 0.6) is 0 Å². The number of nitrogens with one attached hydrogen (secondary N) is 1. The van der Waals surface area contributed by atoms with E-state index < -0.39 is 0 Å². The monoisotopic (exact) mass is 260 g/mol. The fourth-order valence-corrected chi connectivity index (χ4v) is 3.18. The van der Waals surface area contributed by atoms with Gasteiger partial charge in [-0.3, -0.25) is 4.90 Å². The van der Waals surface area contributed by atoms with Gasteiger partial charge in [0.05, 0.1) is 0 Å². The molecule has 1 aliphatic rings. The number of rotatable bonds is 6. The Hall–Kier alpha value is -0.860. The first kappa shape index (κ1) is 14.5. The van der Waals surface area contributed by atoms with Crippen molar-refractivity contribution in [2.45, 2.75) is 52.1 Å². The van der Waals surface area contributed by atoms with E-state index in [4.69, 9.17) is 0 Å². The minimum Gasteiger partial charge on any atom is -0.313 e. The van der Waals surface area contributed by atoms with Crippen LogP contribution in [0.4, 0.5) is 0 Å². The van der Waals surface area contributed by atoms with E-state index in [0.717, 1.165) is 0 Å². The van der Waals surface area contributed by atoms with Crippen molar-refractivity contribution in [1.82, 2.24) is 10.2 Å². The van der Waals surface area contributed by atoms with Crippen molar-refractivity contribution in [2.75, 3.05) is 19.6 Å². The third kappa shape index (κ3) is 3.80. The van der Waals surface area contributed by atoms with Crippen LogP contribution in [0.3, 0.4) is 0 Å². The fraction of sp³-hybridized carbons (Fsp3) is 0.647. The molecule has 1 N–H and O–H groups in total. The Morgan fingerprint density at radius 2 is 2.16 bits per heavy atom. The normalized spacial score (nSPS) is 20.9. The molecule has 1 saturated heterocycles. The maximum Gasteiger partial charge on any atom is 0.0323 e. The lowest BCUT2D eigenvalue weighted by Gasteiger charge is -2.32. The van der Waals surface area contributed by atoms with Gasteiger partial charge in [0, 0.05) is 18.6 Å². The summed E-state index contributed by atoms with van der Waals surface area (Å²) in [5.74, 6) is 0. The Balaban J connectivity index is 2.06. The van der Waals surface area contributed by atoms with Crippen LogP contribution in [0.1, 0.15) is 50.3 Å². The smallest absolute Gasteiger partial charge is 0.0323 e. The van der Waals surface area contributed by atoms with Crippen LogP contribution in [0.15, 0.2) is 24.3 Å². The zero-order valence-corrected chi connectivity index (χ0v) is 12.7. The van der Waals surface area contributed by atoms with Crippen molar-refractivity contribution in [2.24, 2.45) is 0 Å². The average Bonchev–Trinajstić information content (AvgIpc) is 2.91. The lowest BCUT2D eigenvalue weighted by molar-refractivity contribution is 0.192. The molecule has 0 aliphatic carbocycles. The van der Waals surface area contributed by atoms with Gasteiger partial charge in [-0.25, -0.2) is 0 Å². The van der Waals surface area contributed by atoms with Crippen LogP contribution in [-0.2, 0) is 0 Å². The summed E-state index contributed by atoms with van der Waals surface area (Å²) < 4.78 is 0. The van der Waals surface area contributed by atoms with Gasteiger partial charge in [-0.15, -0.1) is 0 Å². The first-order chi connectivity index (χ1) is 9.22. The third-order valence-electron chi connectivity index (χ3n) is 4.31. The van der Waals surface area contributed by atoms with Gasteiger partial charge in [-0.05, 0) is 57.3 Å². The van der Waals surface area contributed by atoms with Crippen molar-refractivity contribution in [3.05, 3.63) is 35.4 Å². The lowest BCUT2D eigenvalue weighted by atomic mass is 10.0. The van der Waals surface area contributed by atoms with E-state index >= 15 is 0 Å². The van der Waals surface area contributed by atoms with Gasteiger partial charge in [-0.1, -0.05) is 31.2 Å². The molecule has 0 saturated carbocycles. The highest BCUT2D eigenvalue weighted by molar-refractivity contribution is 5.28. The number of aryl methyl sites for hydroxylation is 1. The van der Waals surface area contributed by atoms with Crippen LogP contribution < -0.4 is 5.32 Å². The lowest BCUT2D eigenvalue weighted by Crippen LogP contribution is -2.39. The molecule has 2 unspecified atom stereocenters. The first-order valence-electron chi connectivity index (χ1n) is 7.75. The van der Waals surface area contributed by atoms with Crippen molar-refractivity contribution >= 4 is 0 Å². The van der Waals surface area contributed by atoms with E-state index in [2.05, 4.69) is 55.3 Å². The Morgan fingerprint density at radius 3 is 2.79 bits per heavy atom. The summed E-state index contributed by atoms with van der Waals surface area (Å²) in [6.07, 6.45) is 3.90. The highest BCUT2D eigenvalue weighted by Gasteiger charge is 2.22. The molecule has 0 aromatic heterocycles. The van der Waals surface area contributed by atoms with Crippen molar-refractivity contribution in [3.8, 4) is 0 Å². The molecule has 0 spiro atoms. The summed E-state index contributed by atoms with van der Waals surface area (Å²) in [6.45, 7) is 10.4. The molecular formula is C17H28N2. The number of hydrogen-bond acceptors (Lipinski definition) is 2. The van der Waals surface area contributed by atoms with E-state index in [1.807, 2.05) is 0 Å². The fourth-order valence-electron chi connectivity index (χ4n) is 3.18. The standard InChI is InChI=1S/C17H28N2/c1-4-12-19(13-16-9-7-11-18-16)15(3)17-10-6-5-8-14(17)2/h5-6,8,10,15-16,18H,4,7,9,11-13H2,1-3H3. The van der Waals surface area contributed by atoms with Gasteiger partial charge in [-0.2, -0.15) is 0 Å². The van der Waals surface area contributed by atoms with E-state index in [1.54, 1.807) is 0 Å². The number of benzene rings is 1. The Labute approximate surface area is 118 Å². The molecule has 1 aliphatic heterocycles. The molecule has 1 aromatic rings. The van der Waals surface area contributed by atoms with Crippen LogP contribution in [0.2, 0.25) is 0 Å². The molecule has 2 heteroatoms. The molecule has 1 aromatic carbocycles. The summed E-state index contributed by atoms with van der Waals surface area (Å²) in [7, 11) is 0. The van der Waals surface area contributed by atoms with Crippen LogP contribution in [0, 0.1) is 6.92 Å². The number of hydrogen-bond donors (Lipinski definition) is 1. The second-order valence-electron chi connectivity index (χ2n) is 5.82. The van der Waals surface area contributed by atoms with Gasteiger partial charge in [0.2, 0.25) is 0 Å². The predicted octanol–water partition coefficient (Wildman–Crippen LogP) is 3.52. The van der Waals surface area contributed by atoms with Crippen molar-refractivity contribution in [3.63, 3.8) is 0 Å². The highest BCUT2D eigenvalue weighted by Crippen LogP contribution is 2.24. The van der Waals surface area contributed by atoms with Gasteiger partial charge in [0.1, 0.15) is 0 Å². The van der Waals surface area contributed by atoms with Crippen LogP contribution >= 0.6 is 0 Å². The largest absolute Gasteiger partial charge is 0.313 e. The van der Waals surface area contributed by atoms with E-state index in [9.17, 15) is 0 Å². The summed E-state index contributed by atoms with van der Waals surface area (Å²) >= 11 is 0. The molecule has 106 valence electrons. The SMILES string of the molecule is CCCN(CC1CCCN1)C(C)c1ccccc1C. The van der Waals surface area contributed by atoms with Crippen LogP contribution in [0.25, 0.3) is 0 Å². The Morgan fingerprint density at radius 1 is 1.37 bits per heavy atom. The number of nitrogens with zero attached hydrogens (tertiary/aromatic N) is 1. The van der Waals surface area contributed by atoms with Gasteiger partial charge < -0.3 is 5.32 Å². The van der Waals surface area contributed by atoms with E-state index in [0.29, 0.717) is 12.1 Å². The van der Waals surface area contributed by atoms with Crippen LogP contribution in [-0.4, -0.2) is 30.6 Å². The average molecular weight is 260 g/mol. The molecule has 2 atom stereocenters. The summed E-state index contributed by atoms with van der Waals surface area (Å²) in [5.41, 5.74) is 2.89. The zero-order valence-electron chi connectivity index (χ0n) is 12.7. The molecule has 0 radical (unpaired) electrons. The Bertz CT molecular complexity index is 383. The maximum atomic E-state index is 3.62. The van der Waals surface area contributed by atoms with Crippen molar-refractivity contribution in [1.29, 1.82) is 0 Å². The van der Waals surface area contributed by atoms with E-state index in [-0.39, 0.29) is 0 Å². The molecular weight excluding hydrogens is 232 g/mol. The third-order valence-corrected chi connectivity index (χ3v) is 4.31. The molecule has 2 rings (SSSR count). The van der Waals surface area contributed by atoms with Gasteiger partial charge >= 0.3 is 0 Å². The molecule has 0 amide bonds. The zero-order chi connectivity index (χ0) is 13.7. The minimum absolute atomic E-state index is 0.517. The molecule has 0 bridgehead atoms. The van der Waals surface area contributed by atoms with Gasteiger partial charge in [0.15, 0.2) is 0 Å². The quantitative estimate of drug-likeness (QED) is 0.842. The van der Waals surface area contributed by atoms with E-state index in [1.165, 1.54) is 50.0 Å². The Kier molecular flexibility index (Phi) is 5.41. The van der Waals surface area contributed by atoms with Gasteiger partial charge in [0.25, 0.3) is 0 Å². The maximum absolute atomic E-state index is 3.62. The molecule has 2 nitrogen and oxygen atoms in total. The summed E-state index contributed by atoms with van der Waals surface area (Å²) in [6, 6.07) is 10.0. The molecule has 1 heterocycles. The topological polar surface area (TPSA) is 15.3 Å². The second kappa shape index (κ2) is 7.06. The second-order valence-corrected chi connectivity index (χ2v) is 5.82. The molecule has 1 fully saturated rings. The first-order valence-corrected chi connectivity index (χ1v) is 7.75. The van der Waals surface area contributed by atoms with Crippen molar-refractivity contribution < 1.29 is 0 Å². The summed E-state index contributed by atoms with van der Waals surface area (Å²) in [5, 5.41) is 3.62. The summed E-state index contributed by atoms with van der Waals surface area (Å²) in [4.78, 5) is 2.64. The highest BCUT2D eigenvalue weighted by atomic mass is 15.2.